The molecule has 0 atom stereocenters. The molecule has 0 saturated heterocycles. The zero-order valence-corrected chi connectivity index (χ0v) is 14.5. The van der Waals surface area contributed by atoms with Crippen LogP contribution in [0.15, 0.2) is 52.9 Å². The number of para-hydroxylation sites is 2. The zero-order chi connectivity index (χ0) is 18.0. The molecule has 0 unspecified atom stereocenters. The maximum absolute atomic E-state index is 12.5. The minimum absolute atomic E-state index is 0.0519. The average Bonchev–Trinajstić information content (AvgIpc) is 3.01. The fourth-order valence-electron chi connectivity index (χ4n) is 2.75. The number of rotatable bonds is 4. The van der Waals surface area contributed by atoms with Crippen molar-refractivity contribution in [2.75, 3.05) is 18.9 Å². The monoisotopic (exact) mass is 336 g/mol. The van der Waals surface area contributed by atoms with Crippen molar-refractivity contribution >= 4 is 28.5 Å². The first kappa shape index (κ1) is 16.8. The number of carbonyl (C=O) groups excluding carboxylic acids is 2. The van der Waals surface area contributed by atoms with Gasteiger partial charge in [-0.3, -0.25) is 9.59 Å². The topological polar surface area (TPSA) is 62.6 Å². The van der Waals surface area contributed by atoms with E-state index >= 15 is 0 Å². The van der Waals surface area contributed by atoms with E-state index in [1.54, 1.807) is 19.2 Å². The summed E-state index contributed by atoms with van der Waals surface area (Å²) in [6, 6.07) is 14.9. The Morgan fingerprint density at radius 3 is 2.40 bits per heavy atom. The largest absolute Gasteiger partial charge is 0.451 e. The average molecular weight is 336 g/mol. The number of hydrogen-bond acceptors (Lipinski definition) is 3. The van der Waals surface area contributed by atoms with Crippen LogP contribution in [0.1, 0.15) is 21.7 Å². The number of amides is 2. The van der Waals surface area contributed by atoms with E-state index < -0.39 is 0 Å². The maximum atomic E-state index is 12.5. The molecule has 0 bridgehead atoms. The molecule has 1 aromatic heterocycles. The third-order valence-electron chi connectivity index (χ3n) is 4.11. The molecule has 3 aromatic rings. The van der Waals surface area contributed by atoms with Gasteiger partial charge in [0.05, 0.1) is 6.54 Å². The first-order chi connectivity index (χ1) is 12.0. The second-order valence-corrected chi connectivity index (χ2v) is 6.12. The lowest BCUT2D eigenvalue weighted by molar-refractivity contribution is -0.116. The molecule has 25 heavy (non-hydrogen) atoms. The number of nitrogens with one attached hydrogen (secondary N) is 1. The Morgan fingerprint density at radius 2 is 1.72 bits per heavy atom. The van der Waals surface area contributed by atoms with Gasteiger partial charge in [-0.15, -0.1) is 0 Å². The van der Waals surface area contributed by atoms with Gasteiger partial charge < -0.3 is 14.6 Å². The van der Waals surface area contributed by atoms with Crippen LogP contribution in [0, 0.1) is 13.8 Å². The third kappa shape index (κ3) is 3.55. The molecule has 1 N–H and O–H groups in total. The van der Waals surface area contributed by atoms with Crippen LogP contribution in [0.2, 0.25) is 0 Å². The van der Waals surface area contributed by atoms with Crippen LogP contribution >= 0.6 is 0 Å². The lowest BCUT2D eigenvalue weighted by Crippen LogP contribution is -2.35. The van der Waals surface area contributed by atoms with Gasteiger partial charge in [-0.1, -0.05) is 36.4 Å². The van der Waals surface area contributed by atoms with Gasteiger partial charge in [0.1, 0.15) is 5.58 Å². The molecular weight excluding hydrogens is 316 g/mol. The molecule has 1 heterocycles. The molecule has 5 nitrogen and oxygen atoms in total. The number of furan rings is 1. The van der Waals surface area contributed by atoms with Crippen LogP contribution in [0.4, 0.5) is 5.69 Å². The van der Waals surface area contributed by atoms with Gasteiger partial charge in [-0.2, -0.15) is 0 Å². The highest BCUT2D eigenvalue weighted by atomic mass is 16.3. The number of hydrogen-bond donors (Lipinski definition) is 1. The second kappa shape index (κ2) is 6.81. The highest BCUT2D eigenvalue weighted by Crippen LogP contribution is 2.21. The Bertz CT molecular complexity index is 890. The van der Waals surface area contributed by atoms with E-state index in [4.69, 9.17) is 4.42 Å². The van der Waals surface area contributed by atoms with Gasteiger partial charge in [-0.25, -0.2) is 0 Å². The van der Waals surface area contributed by atoms with Crippen LogP contribution in [-0.2, 0) is 4.79 Å². The van der Waals surface area contributed by atoms with Crippen LogP contribution in [0.5, 0.6) is 0 Å². The summed E-state index contributed by atoms with van der Waals surface area (Å²) in [6.07, 6.45) is 0. The SMILES string of the molecule is Cc1cccc(C)c1NC(=O)CN(C)C(=O)c1cc2ccccc2o1. The van der Waals surface area contributed by atoms with Crippen molar-refractivity contribution in [2.24, 2.45) is 0 Å². The Labute approximate surface area is 146 Å². The van der Waals surface area contributed by atoms with Crippen molar-refractivity contribution in [3.05, 3.63) is 65.4 Å². The molecule has 0 spiro atoms. The summed E-state index contributed by atoms with van der Waals surface area (Å²) in [5.41, 5.74) is 3.41. The van der Waals surface area contributed by atoms with E-state index in [9.17, 15) is 9.59 Å². The number of likely N-dealkylation sites (N-methyl/N-ethyl adjacent to an activating group) is 1. The van der Waals surface area contributed by atoms with E-state index in [1.165, 1.54) is 4.90 Å². The van der Waals surface area contributed by atoms with Crippen LogP contribution in [0.25, 0.3) is 11.0 Å². The molecule has 0 aliphatic rings. The zero-order valence-electron chi connectivity index (χ0n) is 14.5. The summed E-state index contributed by atoms with van der Waals surface area (Å²) in [6.45, 7) is 3.82. The highest BCUT2D eigenvalue weighted by molar-refractivity contribution is 6.00. The minimum Gasteiger partial charge on any atom is -0.451 e. The fraction of sp³-hybridized carbons (Fsp3) is 0.200. The minimum atomic E-state index is -0.326. The van der Waals surface area contributed by atoms with Gasteiger partial charge in [0.15, 0.2) is 5.76 Å². The van der Waals surface area contributed by atoms with E-state index in [2.05, 4.69) is 5.32 Å². The Hall–Kier alpha value is -3.08. The van der Waals surface area contributed by atoms with Gasteiger partial charge in [0.25, 0.3) is 5.91 Å². The van der Waals surface area contributed by atoms with Crippen molar-refractivity contribution in [1.82, 2.24) is 4.90 Å². The van der Waals surface area contributed by atoms with Crippen LogP contribution < -0.4 is 5.32 Å². The van der Waals surface area contributed by atoms with E-state index in [1.807, 2.05) is 50.2 Å². The van der Waals surface area contributed by atoms with Gasteiger partial charge in [0, 0.05) is 18.1 Å². The van der Waals surface area contributed by atoms with Gasteiger partial charge in [-0.05, 0) is 37.1 Å². The summed E-state index contributed by atoms with van der Waals surface area (Å²) < 4.78 is 5.57. The molecule has 5 heteroatoms. The smallest absolute Gasteiger partial charge is 0.289 e. The maximum Gasteiger partial charge on any atom is 0.289 e. The predicted molar refractivity (Wildman–Crippen MR) is 97.7 cm³/mol. The second-order valence-electron chi connectivity index (χ2n) is 6.12. The summed E-state index contributed by atoms with van der Waals surface area (Å²) >= 11 is 0. The molecule has 0 fully saturated rings. The first-order valence-electron chi connectivity index (χ1n) is 8.06. The summed E-state index contributed by atoms with van der Waals surface area (Å²) in [4.78, 5) is 26.1. The van der Waals surface area contributed by atoms with E-state index in [0.717, 1.165) is 22.2 Å². The van der Waals surface area contributed by atoms with Crippen molar-refractivity contribution in [1.29, 1.82) is 0 Å². The normalized spacial score (nSPS) is 10.7. The molecular formula is C20H20N2O3. The summed E-state index contributed by atoms with van der Waals surface area (Å²) in [5, 5.41) is 3.74. The van der Waals surface area contributed by atoms with Gasteiger partial charge >= 0.3 is 0 Å². The van der Waals surface area contributed by atoms with Crippen molar-refractivity contribution in [3.8, 4) is 0 Å². The number of benzene rings is 2. The van der Waals surface area contributed by atoms with Crippen molar-refractivity contribution in [2.45, 2.75) is 13.8 Å². The molecule has 0 radical (unpaired) electrons. The lowest BCUT2D eigenvalue weighted by Gasteiger charge is -2.17. The quantitative estimate of drug-likeness (QED) is 0.789. The molecule has 2 aromatic carbocycles. The molecule has 0 aliphatic carbocycles. The number of nitrogens with zero attached hydrogens (tertiary/aromatic N) is 1. The third-order valence-corrected chi connectivity index (χ3v) is 4.11. The summed E-state index contributed by atoms with van der Waals surface area (Å²) in [5.74, 6) is -0.346. The number of aryl methyl sites for hydroxylation is 2. The van der Waals surface area contributed by atoms with E-state index in [-0.39, 0.29) is 24.1 Å². The number of anilines is 1. The van der Waals surface area contributed by atoms with Gasteiger partial charge in [0.2, 0.25) is 5.91 Å². The van der Waals surface area contributed by atoms with Crippen molar-refractivity contribution < 1.29 is 14.0 Å². The lowest BCUT2D eigenvalue weighted by atomic mass is 10.1. The first-order valence-corrected chi connectivity index (χ1v) is 8.06. The van der Waals surface area contributed by atoms with Crippen LogP contribution in [-0.4, -0.2) is 30.3 Å². The van der Waals surface area contributed by atoms with Crippen molar-refractivity contribution in [3.63, 3.8) is 0 Å². The Balaban J connectivity index is 1.69. The fourth-order valence-corrected chi connectivity index (χ4v) is 2.75. The number of fused-ring (bicyclic) bond motifs is 1. The standard InChI is InChI=1S/C20H20N2O3/c1-13-7-6-8-14(2)19(13)21-18(23)12-22(3)20(24)17-11-15-9-4-5-10-16(15)25-17/h4-11H,12H2,1-3H3,(H,21,23). The summed E-state index contributed by atoms with van der Waals surface area (Å²) in [7, 11) is 1.58. The van der Waals surface area contributed by atoms with Crippen LogP contribution in [0.3, 0.4) is 0 Å². The predicted octanol–water partition coefficient (Wildman–Crippen LogP) is 3.76. The van der Waals surface area contributed by atoms with E-state index in [0.29, 0.717) is 5.58 Å². The molecule has 128 valence electrons. The molecule has 0 saturated carbocycles. The Morgan fingerprint density at radius 1 is 1.04 bits per heavy atom. The highest BCUT2D eigenvalue weighted by Gasteiger charge is 2.19. The Kier molecular flexibility index (Phi) is 4.57. The molecule has 3 rings (SSSR count). The molecule has 0 aliphatic heterocycles. The number of carbonyl (C=O) groups is 2. The molecule has 2 amide bonds.